The summed E-state index contributed by atoms with van der Waals surface area (Å²) in [6.07, 6.45) is 0.221. The van der Waals surface area contributed by atoms with E-state index in [0.29, 0.717) is 26.2 Å². The van der Waals surface area contributed by atoms with Crippen molar-refractivity contribution in [1.82, 2.24) is 0 Å². The van der Waals surface area contributed by atoms with Crippen LogP contribution in [0.2, 0.25) is 15.1 Å². The molecule has 0 saturated heterocycles. The van der Waals surface area contributed by atoms with Crippen molar-refractivity contribution in [2.75, 3.05) is 0 Å². The van der Waals surface area contributed by atoms with Crippen molar-refractivity contribution >= 4 is 40.6 Å². The lowest BCUT2D eigenvalue weighted by atomic mass is 10.0. The molecule has 0 N–H and O–H groups in total. The van der Waals surface area contributed by atoms with Crippen LogP contribution in [0.1, 0.15) is 11.1 Å². The summed E-state index contributed by atoms with van der Waals surface area (Å²) in [6, 6.07) is 8.92. The second-order valence-corrected chi connectivity index (χ2v) is 5.61. The smallest absolute Gasteiger partial charge is 0.141 e. The molecule has 0 heterocycles. The largest absolute Gasteiger partial charge is 0.299 e. The second kappa shape index (κ2) is 6.57. The minimum Gasteiger partial charge on any atom is -0.299 e. The highest BCUT2D eigenvalue weighted by atomic mass is 35.5. The van der Waals surface area contributed by atoms with Gasteiger partial charge in [0.25, 0.3) is 0 Å². The van der Waals surface area contributed by atoms with E-state index in [1.54, 1.807) is 18.2 Å². The molecule has 0 spiro atoms. The van der Waals surface area contributed by atoms with Crippen LogP contribution in [-0.4, -0.2) is 5.78 Å². The van der Waals surface area contributed by atoms with E-state index >= 15 is 0 Å². The normalized spacial score (nSPS) is 10.6. The Balaban J connectivity index is 2.11. The number of halogens is 4. The molecule has 0 unspecified atom stereocenters. The van der Waals surface area contributed by atoms with Crippen LogP contribution in [0.25, 0.3) is 0 Å². The zero-order valence-corrected chi connectivity index (χ0v) is 12.6. The predicted molar refractivity (Wildman–Crippen MR) is 80.3 cm³/mol. The van der Waals surface area contributed by atoms with Crippen LogP contribution in [0, 0.1) is 5.82 Å². The van der Waals surface area contributed by atoms with Crippen LogP contribution < -0.4 is 0 Å². The molecule has 2 aromatic carbocycles. The van der Waals surface area contributed by atoms with Crippen LogP contribution in [-0.2, 0) is 17.6 Å². The first-order valence-corrected chi connectivity index (χ1v) is 6.98. The molecule has 0 fully saturated rings. The molecule has 0 aliphatic rings. The lowest BCUT2D eigenvalue weighted by Crippen LogP contribution is -2.07. The number of hydrogen-bond donors (Lipinski definition) is 0. The molecule has 0 aliphatic carbocycles. The van der Waals surface area contributed by atoms with E-state index in [1.165, 1.54) is 18.2 Å². The molecule has 20 heavy (non-hydrogen) atoms. The number of ketones is 1. The van der Waals surface area contributed by atoms with Crippen LogP contribution in [0.3, 0.4) is 0 Å². The average Bonchev–Trinajstić information content (AvgIpc) is 2.37. The van der Waals surface area contributed by atoms with Gasteiger partial charge in [0.1, 0.15) is 11.6 Å². The van der Waals surface area contributed by atoms with Gasteiger partial charge in [-0.05, 0) is 41.5 Å². The van der Waals surface area contributed by atoms with E-state index < -0.39 is 5.82 Å². The summed E-state index contributed by atoms with van der Waals surface area (Å²) in [6.45, 7) is 0. The molecule has 0 aromatic heterocycles. The third-order valence-electron chi connectivity index (χ3n) is 2.80. The Bertz CT molecular complexity index is 656. The number of benzene rings is 2. The summed E-state index contributed by atoms with van der Waals surface area (Å²) < 4.78 is 13.1. The fraction of sp³-hybridized carbons (Fsp3) is 0.133. The Kier molecular flexibility index (Phi) is 5.03. The number of rotatable bonds is 4. The van der Waals surface area contributed by atoms with Gasteiger partial charge < -0.3 is 0 Å². The standard InChI is InChI=1S/C15H10Cl3FO/c16-11-2-1-9(15(18)8-11)6-13(20)7-10-5-12(19)3-4-14(10)17/h1-5,8H,6-7H2. The Labute approximate surface area is 131 Å². The van der Waals surface area contributed by atoms with Crippen LogP contribution in [0.4, 0.5) is 4.39 Å². The maximum atomic E-state index is 13.1. The van der Waals surface area contributed by atoms with Crippen LogP contribution in [0.5, 0.6) is 0 Å². The zero-order chi connectivity index (χ0) is 14.7. The van der Waals surface area contributed by atoms with Crippen molar-refractivity contribution in [1.29, 1.82) is 0 Å². The number of hydrogen-bond acceptors (Lipinski definition) is 1. The highest BCUT2D eigenvalue weighted by Crippen LogP contribution is 2.23. The predicted octanol–water partition coefficient (Wildman–Crippen LogP) is 5.14. The van der Waals surface area contributed by atoms with Gasteiger partial charge in [-0.15, -0.1) is 0 Å². The number of Topliss-reactive ketones (excluding diaryl/α,β-unsaturated/α-hetero) is 1. The van der Waals surface area contributed by atoms with Crippen molar-refractivity contribution < 1.29 is 9.18 Å². The monoisotopic (exact) mass is 330 g/mol. The molecule has 104 valence electrons. The van der Waals surface area contributed by atoms with Crippen molar-refractivity contribution in [2.45, 2.75) is 12.8 Å². The topological polar surface area (TPSA) is 17.1 Å². The summed E-state index contributed by atoms with van der Waals surface area (Å²) in [5.41, 5.74) is 1.16. The molecule has 2 aromatic rings. The third-order valence-corrected chi connectivity index (χ3v) is 3.75. The third kappa shape index (κ3) is 3.95. The fourth-order valence-electron chi connectivity index (χ4n) is 1.83. The van der Waals surface area contributed by atoms with Crippen LogP contribution >= 0.6 is 34.8 Å². The molecule has 2 rings (SSSR count). The van der Waals surface area contributed by atoms with E-state index in [-0.39, 0.29) is 18.6 Å². The average molecular weight is 332 g/mol. The van der Waals surface area contributed by atoms with Gasteiger partial charge in [0.2, 0.25) is 0 Å². The van der Waals surface area contributed by atoms with Gasteiger partial charge in [-0.1, -0.05) is 40.9 Å². The molecule has 1 nitrogen and oxygen atoms in total. The summed E-state index contributed by atoms with van der Waals surface area (Å²) in [5.74, 6) is -0.511. The quantitative estimate of drug-likeness (QED) is 0.758. The highest BCUT2D eigenvalue weighted by Gasteiger charge is 2.11. The Morgan fingerprint density at radius 1 is 0.900 bits per heavy atom. The first-order chi connectivity index (χ1) is 9.45. The van der Waals surface area contributed by atoms with Crippen molar-refractivity contribution in [3.05, 3.63) is 68.4 Å². The summed E-state index contributed by atoms with van der Waals surface area (Å²) in [5, 5.41) is 1.33. The van der Waals surface area contributed by atoms with E-state index in [1.807, 2.05) is 0 Å². The highest BCUT2D eigenvalue weighted by molar-refractivity contribution is 6.35. The van der Waals surface area contributed by atoms with Crippen molar-refractivity contribution in [3.8, 4) is 0 Å². The maximum Gasteiger partial charge on any atom is 0.141 e. The number of carbonyl (C=O) groups is 1. The molecule has 5 heteroatoms. The first kappa shape index (κ1) is 15.3. The van der Waals surface area contributed by atoms with E-state index in [9.17, 15) is 9.18 Å². The Hall–Kier alpha value is -1.09. The summed E-state index contributed by atoms with van der Waals surface area (Å²) >= 11 is 17.7. The number of carbonyl (C=O) groups excluding carboxylic acids is 1. The van der Waals surface area contributed by atoms with Crippen LogP contribution in [0.15, 0.2) is 36.4 Å². The molecule has 0 amide bonds. The first-order valence-electron chi connectivity index (χ1n) is 5.85. The molecule has 0 aliphatic heterocycles. The summed E-state index contributed by atoms with van der Waals surface area (Å²) in [4.78, 5) is 12.0. The minimum absolute atomic E-state index is 0.0650. The molecule has 0 atom stereocenters. The van der Waals surface area contributed by atoms with Gasteiger partial charge in [0, 0.05) is 27.9 Å². The van der Waals surface area contributed by atoms with Gasteiger partial charge in [-0.3, -0.25) is 4.79 Å². The zero-order valence-electron chi connectivity index (χ0n) is 10.3. The lowest BCUT2D eigenvalue weighted by molar-refractivity contribution is -0.117. The van der Waals surface area contributed by atoms with Gasteiger partial charge in [0.05, 0.1) is 0 Å². The Morgan fingerprint density at radius 2 is 1.60 bits per heavy atom. The molecule has 0 radical (unpaired) electrons. The minimum atomic E-state index is -0.415. The molecular weight excluding hydrogens is 322 g/mol. The maximum absolute atomic E-state index is 13.1. The van der Waals surface area contributed by atoms with Gasteiger partial charge >= 0.3 is 0 Å². The van der Waals surface area contributed by atoms with E-state index in [4.69, 9.17) is 34.8 Å². The molecule has 0 bridgehead atoms. The molecule has 0 saturated carbocycles. The summed E-state index contributed by atoms with van der Waals surface area (Å²) in [7, 11) is 0. The van der Waals surface area contributed by atoms with Gasteiger partial charge in [-0.2, -0.15) is 0 Å². The second-order valence-electron chi connectivity index (χ2n) is 4.36. The fourth-order valence-corrected chi connectivity index (χ4v) is 2.49. The Morgan fingerprint density at radius 3 is 2.30 bits per heavy atom. The van der Waals surface area contributed by atoms with Gasteiger partial charge in [0.15, 0.2) is 0 Å². The molecular formula is C15H10Cl3FO. The lowest BCUT2D eigenvalue weighted by Gasteiger charge is -2.06. The van der Waals surface area contributed by atoms with Crippen molar-refractivity contribution in [3.63, 3.8) is 0 Å². The van der Waals surface area contributed by atoms with Crippen molar-refractivity contribution in [2.24, 2.45) is 0 Å². The van der Waals surface area contributed by atoms with Gasteiger partial charge in [-0.25, -0.2) is 4.39 Å². The SMILES string of the molecule is O=C(Cc1ccc(Cl)cc1Cl)Cc1cc(F)ccc1Cl. The van der Waals surface area contributed by atoms with E-state index in [0.717, 1.165) is 0 Å². The van der Waals surface area contributed by atoms with E-state index in [2.05, 4.69) is 0 Å².